The number of furan rings is 1. The van der Waals surface area contributed by atoms with E-state index in [9.17, 15) is 9.90 Å². The van der Waals surface area contributed by atoms with Crippen molar-refractivity contribution in [3.63, 3.8) is 0 Å². The summed E-state index contributed by atoms with van der Waals surface area (Å²) in [4.78, 5) is 14.2. The molecule has 3 rings (SSSR count). The molecule has 0 bridgehead atoms. The molecule has 2 N–H and O–H groups in total. The van der Waals surface area contributed by atoms with E-state index in [1.165, 1.54) is 11.8 Å². The van der Waals surface area contributed by atoms with Crippen molar-refractivity contribution in [2.24, 2.45) is 0 Å². The topological polar surface area (TPSA) is 65.7 Å². The van der Waals surface area contributed by atoms with Gasteiger partial charge in [0.1, 0.15) is 0 Å². The van der Waals surface area contributed by atoms with Crippen molar-refractivity contribution in [3.05, 3.63) is 60.1 Å². The van der Waals surface area contributed by atoms with Crippen molar-refractivity contribution in [2.75, 3.05) is 19.7 Å². The fourth-order valence-corrected chi connectivity index (χ4v) is 3.42. The lowest BCUT2D eigenvalue weighted by Gasteiger charge is -2.34. The second-order valence-corrected chi connectivity index (χ2v) is 6.54. The molecule has 134 valence electrons. The van der Waals surface area contributed by atoms with Crippen LogP contribution in [-0.2, 0) is 0 Å². The number of nitrogens with zero attached hydrogens (tertiary/aromatic N) is 1. The number of nitrogens with one attached hydrogen (secondary N) is 1. The Morgan fingerprint density at radius 2 is 1.96 bits per heavy atom. The Bertz CT molecular complexity index is 634. The van der Waals surface area contributed by atoms with E-state index in [4.69, 9.17) is 4.42 Å². The molecule has 1 atom stereocenters. The second kappa shape index (κ2) is 8.83. The summed E-state index contributed by atoms with van der Waals surface area (Å²) in [5.41, 5.74) is 1.25. The number of carbonyl (C=O) groups excluding carboxylic acids is 1. The Kier molecular flexibility index (Phi) is 6.25. The molecule has 1 aromatic carbocycles. The average molecular weight is 342 g/mol. The van der Waals surface area contributed by atoms with Crippen molar-refractivity contribution in [1.29, 1.82) is 0 Å². The first-order chi connectivity index (χ1) is 12.3. The van der Waals surface area contributed by atoms with Crippen LogP contribution < -0.4 is 5.32 Å². The van der Waals surface area contributed by atoms with E-state index in [0.29, 0.717) is 11.8 Å². The van der Waals surface area contributed by atoms with Crippen LogP contribution in [0.4, 0.5) is 0 Å². The number of aliphatic hydroxyl groups excluding tert-OH is 1. The lowest BCUT2D eigenvalue weighted by atomic mass is 9.98. The van der Waals surface area contributed by atoms with E-state index in [1.807, 2.05) is 23.1 Å². The molecule has 0 spiro atoms. The molecule has 1 aliphatic heterocycles. The maximum atomic E-state index is 12.3. The smallest absolute Gasteiger partial charge is 0.289 e. The van der Waals surface area contributed by atoms with Gasteiger partial charge in [0, 0.05) is 31.8 Å². The van der Waals surface area contributed by atoms with Gasteiger partial charge in [-0.1, -0.05) is 30.3 Å². The molecule has 5 nitrogen and oxygen atoms in total. The van der Waals surface area contributed by atoms with Crippen molar-refractivity contribution in [2.45, 2.75) is 37.8 Å². The number of hydrogen-bond donors (Lipinski definition) is 2. The fraction of sp³-hybridized carbons (Fsp3) is 0.450. The van der Waals surface area contributed by atoms with Crippen LogP contribution in [0.15, 0.2) is 53.1 Å². The number of hydrogen-bond acceptors (Lipinski definition) is 4. The second-order valence-electron chi connectivity index (χ2n) is 6.54. The molecule has 2 aromatic rings. The summed E-state index contributed by atoms with van der Waals surface area (Å²) in [6.45, 7) is 1.68. The maximum Gasteiger partial charge on any atom is 0.289 e. The Labute approximate surface area is 148 Å². The van der Waals surface area contributed by atoms with Crippen LogP contribution in [0.3, 0.4) is 0 Å². The minimum atomic E-state index is -0.0247. The van der Waals surface area contributed by atoms with Crippen molar-refractivity contribution >= 4 is 5.91 Å². The lowest BCUT2D eigenvalue weighted by Crippen LogP contribution is -2.45. The van der Waals surface area contributed by atoms with E-state index >= 15 is 0 Å². The summed E-state index contributed by atoms with van der Waals surface area (Å²) in [5, 5.41) is 12.9. The number of amides is 1. The summed E-state index contributed by atoms with van der Waals surface area (Å²) in [6, 6.07) is 14.5. The molecule has 0 aliphatic carbocycles. The highest BCUT2D eigenvalue weighted by Crippen LogP contribution is 2.22. The molecule has 1 saturated heterocycles. The van der Waals surface area contributed by atoms with E-state index < -0.39 is 0 Å². The third kappa shape index (κ3) is 4.71. The summed E-state index contributed by atoms with van der Waals surface area (Å²) in [6.07, 6.45) is 5.07. The van der Waals surface area contributed by atoms with Gasteiger partial charge in [-0.2, -0.15) is 0 Å². The van der Waals surface area contributed by atoms with Crippen molar-refractivity contribution < 1.29 is 14.3 Å². The predicted molar refractivity (Wildman–Crippen MR) is 96.3 cm³/mol. The molecule has 1 aromatic heterocycles. The molecule has 1 unspecified atom stereocenters. The SMILES string of the molecule is O=C(c1ccco1)N1CCC(NC(CCCO)c2ccccc2)CC1. The fourth-order valence-electron chi connectivity index (χ4n) is 3.42. The van der Waals surface area contributed by atoms with Gasteiger partial charge in [-0.15, -0.1) is 0 Å². The zero-order chi connectivity index (χ0) is 17.5. The number of carbonyl (C=O) groups is 1. The van der Waals surface area contributed by atoms with Gasteiger partial charge < -0.3 is 19.7 Å². The molecule has 0 radical (unpaired) electrons. The number of aliphatic hydroxyl groups is 1. The lowest BCUT2D eigenvalue weighted by molar-refractivity contribution is 0.0668. The van der Waals surface area contributed by atoms with E-state index in [2.05, 4.69) is 17.4 Å². The summed E-state index contributed by atoms with van der Waals surface area (Å²) in [7, 11) is 0. The summed E-state index contributed by atoms with van der Waals surface area (Å²) in [5.74, 6) is 0.389. The van der Waals surface area contributed by atoms with Crippen LogP contribution in [0.5, 0.6) is 0 Å². The zero-order valence-electron chi connectivity index (χ0n) is 14.4. The molecular weight excluding hydrogens is 316 g/mol. The first-order valence-corrected chi connectivity index (χ1v) is 9.02. The highest BCUT2D eigenvalue weighted by atomic mass is 16.3. The molecule has 0 saturated carbocycles. The molecule has 2 heterocycles. The van der Waals surface area contributed by atoms with E-state index in [1.54, 1.807) is 12.1 Å². The third-order valence-electron chi connectivity index (χ3n) is 4.80. The van der Waals surface area contributed by atoms with Gasteiger partial charge in [-0.25, -0.2) is 0 Å². The van der Waals surface area contributed by atoms with Crippen molar-refractivity contribution in [1.82, 2.24) is 10.2 Å². The van der Waals surface area contributed by atoms with Crippen LogP contribution >= 0.6 is 0 Å². The Hall–Kier alpha value is -2.11. The van der Waals surface area contributed by atoms with Crippen molar-refractivity contribution in [3.8, 4) is 0 Å². The molecule has 1 amide bonds. The van der Waals surface area contributed by atoms with E-state index in [0.717, 1.165) is 38.8 Å². The molecule has 25 heavy (non-hydrogen) atoms. The highest BCUT2D eigenvalue weighted by molar-refractivity contribution is 5.91. The molecule has 1 fully saturated rings. The Morgan fingerprint density at radius 1 is 1.20 bits per heavy atom. The first kappa shape index (κ1) is 17.7. The number of rotatable bonds is 7. The third-order valence-corrected chi connectivity index (χ3v) is 4.80. The van der Waals surface area contributed by atoms with Gasteiger partial charge in [-0.05, 0) is 43.4 Å². The van der Waals surface area contributed by atoms with Gasteiger partial charge in [0.15, 0.2) is 5.76 Å². The van der Waals surface area contributed by atoms with Gasteiger partial charge in [0.05, 0.1) is 6.26 Å². The van der Waals surface area contributed by atoms with Crippen LogP contribution in [0.2, 0.25) is 0 Å². The standard InChI is InChI=1S/C20H26N2O3/c23-14-4-8-18(16-6-2-1-3-7-16)21-17-10-12-22(13-11-17)20(24)19-9-5-15-25-19/h1-3,5-7,9,15,17-18,21,23H,4,8,10-14H2. The number of piperidine rings is 1. The minimum Gasteiger partial charge on any atom is -0.459 e. The largest absolute Gasteiger partial charge is 0.459 e. The maximum absolute atomic E-state index is 12.3. The number of benzene rings is 1. The van der Waals surface area contributed by atoms with Gasteiger partial charge in [0.2, 0.25) is 0 Å². The van der Waals surface area contributed by atoms with Gasteiger partial charge in [-0.3, -0.25) is 4.79 Å². The quantitative estimate of drug-likeness (QED) is 0.812. The Balaban J connectivity index is 1.55. The minimum absolute atomic E-state index is 0.0247. The van der Waals surface area contributed by atoms with Crippen LogP contribution in [-0.4, -0.2) is 41.7 Å². The highest BCUT2D eigenvalue weighted by Gasteiger charge is 2.26. The number of likely N-dealkylation sites (tertiary alicyclic amines) is 1. The zero-order valence-corrected chi connectivity index (χ0v) is 14.4. The van der Waals surface area contributed by atoms with Gasteiger partial charge >= 0.3 is 0 Å². The molecular formula is C20H26N2O3. The first-order valence-electron chi connectivity index (χ1n) is 9.02. The molecule has 1 aliphatic rings. The summed E-state index contributed by atoms with van der Waals surface area (Å²) >= 11 is 0. The monoisotopic (exact) mass is 342 g/mol. The average Bonchev–Trinajstić information content (AvgIpc) is 3.20. The predicted octanol–water partition coefficient (Wildman–Crippen LogP) is 2.99. The van der Waals surface area contributed by atoms with Gasteiger partial charge in [0.25, 0.3) is 5.91 Å². The van der Waals surface area contributed by atoms with Crippen LogP contribution in [0, 0.1) is 0 Å². The summed E-state index contributed by atoms with van der Waals surface area (Å²) < 4.78 is 5.21. The van der Waals surface area contributed by atoms with Crippen LogP contribution in [0.1, 0.15) is 47.8 Å². The van der Waals surface area contributed by atoms with E-state index in [-0.39, 0.29) is 18.6 Å². The Morgan fingerprint density at radius 3 is 2.60 bits per heavy atom. The molecule has 5 heteroatoms. The van der Waals surface area contributed by atoms with Crippen LogP contribution in [0.25, 0.3) is 0 Å². The normalized spacial score (nSPS) is 16.8.